The maximum atomic E-state index is 11.6. The number of carbonyl (C=O) groups excluding carboxylic acids is 1. The highest BCUT2D eigenvalue weighted by molar-refractivity contribution is 9.10. The molecule has 5 heteroatoms. The quantitative estimate of drug-likeness (QED) is 0.802. The molecule has 0 saturated heterocycles. The van der Waals surface area contributed by atoms with Crippen LogP contribution in [-0.4, -0.2) is 12.4 Å². The van der Waals surface area contributed by atoms with Crippen LogP contribution in [0, 0.1) is 0 Å². The molecule has 1 heterocycles. The van der Waals surface area contributed by atoms with Gasteiger partial charge in [0.05, 0.1) is 11.3 Å². The molecule has 0 aliphatic heterocycles. The predicted molar refractivity (Wildman–Crippen MR) is 67.7 cm³/mol. The average molecular weight is 316 g/mol. The van der Waals surface area contributed by atoms with Crippen LogP contribution in [0.15, 0.2) is 45.5 Å². The van der Waals surface area contributed by atoms with Gasteiger partial charge in [-0.1, -0.05) is 27.5 Å². The topological polar surface area (TPSA) is 39.4 Å². The van der Waals surface area contributed by atoms with Gasteiger partial charge in [0.15, 0.2) is 12.4 Å². The molecule has 3 nitrogen and oxygen atoms in total. The highest BCUT2D eigenvalue weighted by Crippen LogP contribution is 2.27. The van der Waals surface area contributed by atoms with Crippen LogP contribution in [0.1, 0.15) is 10.6 Å². The van der Waals surface area contributed by atoms with E-state index in [1.165, 1.54) is 6.26 Å². The van der Waals surface area contributed by atoms with E-state index in [9.17, 15) is 4.79 Å². The van der Waals surface area contributed by atoms with E-state index in [1.807, 2.05) is 0 Å². The number of ether oxygens (including phenoxy) is 1. The predicted octanol–water partition coefficient (Wildman–Crippen LogP) is 3.96. The SMILES string of the molecule is O=C(COc1ccc(Br)cc1Cl)c1ccco1. The maximum Gasteiger partial charge on any atom is 0.235 e. The first-order chi connectivity index (χ1) is 8.16. The normalized spacial score (nSPS) is 10.2. The third kappa shape index (κ3) is 3.11. The van der Waals surface area contributed by atoms with Gasteiger partial charge >= 0.3 is 0 Å². The molecule has 2 rings (SSSR count). The number of furan rings is 1. The van der Waals surface area contributed by atoms with Gasteiger partial charge in [-0.05, 0) is 30.3 Å². The van der Waals surface area contributed by atoms with Crippen LogP contribution in [0.25, 0.3) is 0 Å². The number of carbonyl (C=O) groups is 1. The van der Waals surface area contributed by atoms with E-state index in [-0.39, 0.29) is 18.2 Å². The molecule has 88 valence electrons. The van der Waals surface area contributed by atoms with Gasteiger partial charge in [0.1, 0.15) is 5.75 Å². The first kappa shape index (κ1) is 12.2. The Labute approximate surface area is 111 Å². The first-order valence-corrected chi connectivity index (χ1v) is 5.98. The Bertz CT molecular complexity index is 523. The Morgan fingerprint density at radius 1 is 1.41 bits per heavy atom. The Kier molecular flexibility index (Phi) is 3.86. The average Bonchev–Trinajstić information content (AvgIpc) is 2.81. The zero-order chi connectivity index (χ0) is 12.3. The number of ketones is 1. The highest BCUT2D eigenvalue weighted by atomic mass is 79.9. The molecular weight excluding hydrogens is 307 g/mol. The minimum atomic E-state index is -0.228. The van der Waals surface area contributed by atoms with Crippen molar-refractivity contribution in [1.29, 1.82) is 0 Å². The molecule has 0 fully saturated rings. The van der Waals surface area contributed by atoms with E-state index in [4.69, 9.17) is 20.8 Å². The van der Waals surface area contributed by atoms with Crippen molar-refractivity contribution in [3.8, 4) is 5.75 Å². The Hall–Kier alpha value is -1.26. The molecule has 17 heavy (non-hydrogen) atoms. The molecule has 0 aliphatic rings. The lowest BCUT2D eigenvalue weighted by Gasteiger charge is -2.06. The smallest absolute Gasteiger partial charge is 0.235 e. The summed E-state index contributed by atoms with van der Waals surface area (Å²) >= 11 is 9.23. The van der Waals surface area contributed by atoms with Crippen LogP contribution in [0.2, 0.25) is 5.02 Å². The van der Waals surface area contributed by atoms with Crippen LogP contribution in [0.3, 0.4) is 0 Å². The van der Waals surface area contributed by atoms with Crippen molar-refractivity contribution < 1.29 is 13.9 Å². The van der Waals surface area contributed by atoms with Crippen LogP contribution in [0.5, 0.6) is 5.75 Å². The van der Waals surface area contributed by atoms with Crippen LogP contribution in [-0.2, 0) is 0 Å². The summed E-state index contributed by atoms with van der Waals surface area (Å²) in [5.41, 5.74) is 0. The fourth-order valence-electron chi connectivity index (χ4n) is 1.24. The number of Topliss-reactive ketones (excluding diaryl/α,β-unsaturated/α-hetero) is 1. The van der Waals surface area contributed by atoms with E-state index in [2.05, 4.69) is 15.9 Å². The van der Waals surface area contributed by atoms with Crippen molar-refractivity contribution in [3.63, 3.8) is 0 Å². The number of rotatable bonds is 4. The third-order valence-electron chi connectivity index (χ3n) is 2.05. The minimum Gasteiger partial charge on any atom is -0.484 e. The van der Waals surface area contributed by atoms with E-state index >= 15 is 0 Å². The third-order valence-corrected chi connectivity index (χ3v) is 2.84. The minimum absolute atomic E-state index is 0.102. The van der Waals surface area contributed by atoms with Gasteiger partial charge in [0, 0.05) is 4.47 Å². The molecule has 0 unspecified atom stereocenters. The zero-order valence-electron chi connectivity index (χ0n) is 8.65. The fourth-order valence-corrected chi connectivity index (χ4v) is 1.97. The van der Waals surface area contributed by atoms with Crippen molar-refractivity contribution >= 4 is 33.3 Å². The molecular formula is C12H8BrClO3. The van der Waals surface area contributed by atoms with Crippen LogP contribution >= 0.6 is 27.5 Å². The highest BCUT2D eigenvalue weighted by Gasteiger charge is 2.10. The maximum absolute atomic E-state index is 11.6. The first-order valence-electron chi connectivity index (χ1n) is 4.81. The lowest BCUT2D eigenvalue weighted by molar-refractivity contribution is 0.0894. The number of hydrogen-bond donors (Lipinski definition) is 0. The molecule has 0 N–H and O–H groups in total. The van der Waals surface area contributed by atoms with Crippen molar-refractivity contribution in [2.24, 2.45) is 0 Å². The molecule has 2 aromatic rings. The molecule has 0 spiro atoms. The Balaban J connectivity index is 2.01. The van der Waals surface area contributed by atoms with Crippen molar-refractivity contribution in [2.45, 2.75) is 0 Å². The molecule has 0 atom stereocenters. The fraction of sp³-hybridized carbons (Fsp3) is 0.0833. The summed E-state index contributed by atoms with van der Waals surface area (Å²) in [5, 5.41) is 0.451. The summed E-state index contributed by atoms with van der Waals surface area (Å²) in [7, 11) is 0. The van der Waals surface area contributed by atoms with Gasteiger partial charge in [0.25, 0.3) is 0 Å². The molecule has 0 aliphatic carbocycles. The van der Waals surface area contributed by atoms with Gasteiger partial charge in [0.2, 0.25) is 5.78 Å². The second kappa shape index (κ2) is 5.38. The van der Waals surface area contributed by atoms with Crippen molar-refractivity contribution in [3.05, 3.63) is 51.9 Å². The van der Waals surface area contributed by atoms with E-state index in [0.29, 0.717) is 10.8 Å². The van der Waals surface area contributed by atoms with Crippen LogP contribution in [0.4, 0.5) is 0 Å². The van der Waals surface area contributed by atoms with Gasteiger partial charge < -0.3 is 9.15 Å². The monoisotopic (exact) mass is 314 g/mol. The summed E-state index contributed by atoms with van der Waals surface area (Å²) in [4.78, 5) is 11.6. The lowest BCUT2D eigenvalue weighted by atomic mass is 10.3. The standard InChI is InChI=1S/C12H8BrClO3/c13-8-3-4-11(9(14)6-8)17-7-10(15)12-2-1-5-16-12/h1-6H,7H2. The summed E-state index contributed by atoms with van der Waals surface area (Å²) in [5.74, 6) is 0.516. The molecule has 0 saturated carbocycles. The van der Waals surface area contributed by atoms with Crippen molar-refractivity contribution in [2.75, 3.05) is 6.61 Å². The number of hydrogen-bond acceptors (Lipinski definition) is 3. The zero-order valence-corrected chi connectivity index (χ0v) is 11.0. The summed E-state index contributed by atoms with van der Waals surface area (Å²) in [6.45, 7) is -0.102. The molecule has 0 radical (unpaired) electrons. The van der Waals surface area contributed by atoms with Crippen LogP contribution < -0.4 is 4.74 Å². The van der Waals surface area contributed by atoms with E-state index < -0.39 is 0 Å². The number of halogens is 2. The Morgan fingerprint density at radius 2 is 2.24 bits per heavy atom. The number of benzene rings is 1. The van der Waals surface area contributed by atoms with E-state index in [0.717, 1.165) is 4.47 Å². The van der Waals surface area contributed by atoms with Crippen molar-refractivity contribution in [1.82, 2.24) is 0 Å². The lowest BCUT2D eigenvalue weighted by Crippen LogP contribution is -2.10. The second-order valence-electron chi connectivity index (χ2n) is 3.26. The van der Waals surface area contributed by atoms with E-state index in [1.54, 1.807) is 30.3 Å². The van der Waals surface area contributed by atoms with Gasteiger partial charge in [-0.3, -0.25) is 4.79 Å². The second-order valence-corrected chi connectivity index (χ2v) is 4.59. The van der Waals surface area contributed by atoms with Gasteiger partial charge in [-0.15, -0.1) is 0 Å². The largest absolute Gasteiger partial charge is 0.484 e. The van der Waals surface area contributed by atoms with Gasteiger partial charge in [-0.25, -0.2) is 0 Å². The summed E-state index contributed by atoms with van der Waals surface area (Å²) < 4.78 is 11.1. The summed E-state index contributed by atoms with van der Waals surface area (Å²) in [6, 6.07) is 8.43. The Morgan fingerprint density at radius 3 is 2.88 bits per heavy atom. The van der Waals surface area contributed by atoms with Gasteiger partial charge in [-0.2, -0.15) is 0 Å². The summed E-state index contributed by atoms with van der Waals surface area (Å²) in [6.07, 6.45) is 1.44. The molecule has 1 aromatic carbocycles. The molecule has 0 amide bonds. The molecule has 0 bridgehead atoms. The molecule has 1 aromatic heterocycles.